The zero-order valence-corrected chi connectivity index (χ0v) is 15.8. The highest BCUT2D eigenvalue weighted by Crippen LogP contribution is 2.28. The van der Waals surface area contributed by atoms with Gasteiger partial charge in [0.1, 0.15) is 5.82 Å². The van der Waals surface area contributed by atoms with Crippen molar-refractivity contribution in [1.82, 2.24) is 19.4 Å². The summed E-state index contributed by atoms with van der Waals surface area (Å²) < 4.78 is 2.27. The first-order valence-corrected chi connectivity index (χ1v) is 9.92. The number of hydrogen-bond donors (Lipinski definition) is 0. The molecule has 0 saturated carbocycles. The van der Waals surface area contributed by atoms with E-state index in [1.807, 2.05) is 41.4 Å². The van der Waals surface area contributed by atoms with Crippen molar-refractivity contribution in [2.45, 2.75) is 45.1 Å². The van der Waals surface area contributed by atoms with Crippen molar-refractivity contribution < 1.29 is 4.79 Å². The number of rotatable bonds is 5. The highest BCUT2D eigenvalue weighted by atomic mass is 16.2. The number of aromatic nitrogens is 3. The number of fused-ring (bicyclic) bond motifs is 1. The first kappa shape index (κ1) is 17.7. The highest BCUT2D eigenvalue weighted by molar-refractivity contribution is 6.06. The highest BCUT2D eigenvalue weighted by Gasteiger charge is 2.28. The maximum absolute atomic E-state index is 13.3. The monoisotopic (exact) mass is 362 g/mol. The summed E-state index contributed by atoms with van der Waals surface area (Å²) in [5.41, 5.74) is 1.61. The molecule has 1 aliphatic rings. The second-order valence-corrected chi connectivity index (χ2v) is 7.30. The minimum atomic E-state index is 0.102. The molecular weight excluding hydrogens is 336 g/mol. The summed E-state index contributed by atoms with van der Waals surface area (Å²) in [6.07, 6.45) is 10.1. The van der Waals surface area contributed by atoms with E-state index in [2.05, 4.69) is 27.7 Å². The Balaban J connectivity index is 1.56. The van der Waals surface area contributed by atoms with Crippen LogP contribution >= 0.6 is 0 Å². The molecule has 0 aliphatic carbocycles. The van der Waals surface area contributed by atoms with E-state index < -0.39 is 0 Å². The van der Waals surface area contributed by atoms with Crippen molar-refractivity contribution in [1.29, 1.82) is 0 Å². The second-order valence-electron chi connectivity index (χ2n) is 7.30. The van der Waals surface area contributed by atoms with Gasteiger partial charge in [-0.1, -0.05) is 31.5 Å². The van der Waals surface area contributed by atoms with Crippen LogP contribution in [0.5, 0.6) is 0 Å². The molecule has 0 bridgehead atoms. The molecule has 0 unspecified atom stereocenters. The van der Waals surface area contributed by atoms with Crippen molar-refractivity contribution in [2.75, 3.05) is 13.1 Å². The van der Waals surface area contributed by atoms with Gasteiger partial charge in [-0.3, -0.25) is 9.78 Å². The zero-order chi connectivity index (χ0) is 18.6. The maximum Gasteiger partial charge on any atom is 0.254 e. The summed E-state index contributed by atoms with van der Waals surface area (Å²) in [7, 11) is 0. The van der Waals surface area contributed by atoms with E-state index in [0.29, 0.717) is 5.92 Å². The minimum Gasteiger partial charge on any atom is -0.338 e. The predicted octanol–water partition coefficient (Wildman–Crippen LogP) is 4.25. The Labute approximate surface area is 160 Å². The fourth-order valence-corrected chi connectivity index (χ4v) is 4.02. The average Bonchev–Trinajstić information content (AvgIpc) is 3.20. The number of benzene rings is 1. The van der Waals surface area contributed by atoms with Crippen LogP contribution in [0.4, 0.5) is 0 Å². The van der Waals surface area contributed by atoms with E-state index in [0.717, 1.165) is 61.2 Å². The summed E-state index contributed by atoms with van der Waals surface area (Å²) in [5, 5.41) is 0.927. The molecule has 1 amide bonds. The third-order valence-electron chi connectivity index (χ3n) is 5.45. The third kappa shape index (κ3) is 3.59. The van der Waals surface area contributed by atoms with E-state index in [9.17, 15) is 4.79 Å². The van der Waals surface area contributed by atoms with Crippen LogP contribution in [0.3, 0.4) is 0 Å². The normalized spacial score (nSPS) is 17.4. The number of para-hydroxylation sites is 1. The van der Waals surface area contributed by atoms with E-state index in [-0.39, 0.29) is 5.91 Å². The van der Waals surface area contributed by atoms with Gasteiger partial charge in [0.05, 0.1) is 11.1 Å². The molecule has 140 valence electrons. The van der Waals surface area contributed by atoms with Crippen LogP contribution in [-0.4, -0.2) is 38.4 Å². The summed E-state index contributed by atoms with van der Waals surface area (Å²) in [5.74, 6) is 1.54. The predicted molar refractivity (Wildman–Crippen MR) is 107 cm³/mol. The molecule has 0 N–H and O–H groups in total. The molecule has 0 radical (unpaired) electrons. The van der Waals surface area contributed by atoms with Gasteiger partial charge in [0, 0.05) is 49.5 Å². The Morgan fingerprint density at radius 3 is 2.96 bits per heavy atom. The molecule has 5 heteroatoms. The molecule has 3 aromatic rings. The molecule has 1 saturated heterocycles. The van der Waals surface area contributed by atoms with Crippen LogP contribution < -0.4 is 0 Å². The Hall–Kier alpha value is -2.69. The molecule has 4 rings (SSSR count). The Morgan fingerprint density at radius 2 is 2.07 bits per heavy atom. The fourth-order valence-electron chi connectivity index (χ4n) is 4.02. The van der Waals surface area contributed by atoms with Gasteiger partial charge in [0.25, 0.3) is 5.91 Å². The second kappa shape index (κ2) is 7.91. The molecule has 27 heavy (non-hydrogen) atoms. The van der Waals surface area contributed by atoms with Crippen LogP contribution in [0.1, 0.15) is 54.7 Å². The average molecular weight is 362 g/mol. The van der Waals surface area contributed by atoms with E-state index >= 15 is 0 Å². The zero-order valence-electron chi connectivity index (χ0n) is 15.8. The fraction of sp³-hybridized carbons (Fsp3) is 0.409. The summed E-state index contributed by atoms with van der Waals surface area (Å²) in [6, 6.07) is 9.70. The van der Waals surface area contributed by atoms with Crippen LogP contribution in [0.2, 0.25) is 0 Å². The largest absolute Gasteiger partial charge is 0.338 e. The topological polar surface area (TPSA) is 51.0 Å². The lowest BCUT2D eigenvalue weighted by atomic mass is 9.96. The lowest BCUT2D eigenvalue weighted by Crippen LogP contribution is -2.39. The van der Waals surface area contributed by atoms with Gasteiger partial charge in [-0.2, -0.15) is 0 Å². The van der Waals surface area contributed by atoms with Crippen molar-refractivity contribution in [3.63, 3.8) is 0 Å². The van der Waals surface area contributed by atoms with Crippen molar-refractivity contribution in [2.24, 2.45) is 0 Å². The van der Waals surface area contributed by atoms with Gasteiger partial charge in [-0.25, -0.2) is 4.98 Å². The van der Waals surface area contributed by atoms with Gasteiger partial charge < -0.3 is 9.47 Å². The number of aryl methyl sites for hydroxylation is 1. The number of hydrogen-bond acceptors (Lipinski definition) is 3. The smallest absolute Gasteiger partial charge is 0.254 e. The number of amides is 1. The van der Waals surface area contributed by atoms with Gasteiger partial charge in [0.2, 0.25) is 0 Å². The molecule has 1 aliphatic heterocycles. The Morgan fingerprint density at radius 1 is 1.19 bits per heavy atom. The number of piperidine rings is 1. The number of likely N-dealkylation sites (tertiary alicyclic amines) is 1. The van der Waals surface area contributed by atoms with Crippen molar-refractivity contribution >= 4 is 16.8 Å². The van der Waals surface area contributed by atoms with Crippen LogP contribution in [0, 0.1) is 0 Å². The van der Waals surface area contributed by atoms with E-state index in [1.165, 1.54) is 6.42 Å². The van der Waals surface area contributed by atoms with Crippen LogP contribution in [-0.2, 0) is 6.54 Å². The molecule has 1 atom stereocenters. The number of unbranched alkanes of at least 4 members (excludes halogenated alkanes) is 1. The summed E-state index contributed by atoms with van der Waals surface area (Å²) in [4.78, 5) is 24.3. The van der Waals surface area contributed by atoms with Gasteiger partial charge >= 0.3 is 0 Å². The van der Waals surface area contributed by atoms with Gasteiger partial charge in [-0.05, 0) is 31.4 Å². The lowest BCUT2D eigenvalue weighted by molar-refractivity contribution is 0.0705. The number of carbonyl (C=O) groups is 1. The molecule has 1 aromatic carbocycles. The third-order valence-corrected chi connectivity index (χ3v) is 5.45. The standard InChI is InChI=1S/C22H26N4O/c1-2-3-13-25-15-12-24-21(25)17-7-6-14-26(16-17)22(27)19-10-11-23-20-9-5-4-8-18(19)20/h4-5,8-12,15,17H,2-3,6-7,13-14,16H2,1H3/t17-/m0/s1. The molecule has 2 aromatic heterocycles. The van der Waals surface area contributed by atoms with Crippen LogP contribution in [0.25, 0.3) is 10.9 Å². The molecule has 5 nitrogen and oxygen atoms in total. The number of pyridine rings is 1. The SMILES string of the molecule is CCCCn1ccnc1[C@H]1CCCN(C(=O)c2ccnc3ccccc23)C1. The Kier molecular flexibility index (Phi) is 5.19. The molecular formula is C22H26N4O. The van der Waals surface area contributed by atoms with Crippen molar-refractivity contribution in [3.8, 4) is 0 Å². The molecule has 3 heterocycles. The van der Waals surface area contributed by atoms with Gasteiger partial charge in [0.15, 0.2) is 0 Å². The summed E-state index contributed by atoms with van der Waals surface area (Å²) in [6.45, 7) is 4.75. The van der Waals surface area contributed by atoms with Gasteiger partial charge in [-0.15, -0.1) is 0 Å². The number of nitrogens with zero attached hydrogens (tertiary/aromatic N) is 4. The molecule has 0 spiro atoms. The Bertz CT molecular complexity index is 927. The number of imidazole rings is 1. The maximum atomic E-state index is 13.3. The first-order valence-electron chi connectivity index (χ1n) is 9.92. The minimum absolute atomic E-state index is 0.102. The molecule has 1 fully saturated rings. The van der Waals surface area contributed by atoms with Crippen LogP contribution in [0.15, 0.2) is 48.9 Å². The number of carbonyl (C=O) groups excluding carboxylic acids is 1. The van der Waals surface area contributed by atoms with E-state index in [4.69, 9.17) is 0 Å². The first-order chi connectivity index (χ1) is 13.3. The van der Waals surface area contributed by atoms with Crippen molar-refractivity contribution in [3.05, 3.63) is 60.3 Å². The summed E-state index contributed by atoms with van der Waals surface area (Å²) >= 11 is 0. The van der Waals surface area contributed by atoms with E-state index in [1.54, 1.807) is 6.20 Å². The quantitative estimate of drug-likeness (QED) is 0.682. The lowest BCUT2D eigenvalue weighted by Gasteiger charge is -2.33.